The van der Waals surface area contributed by atoms with Crippen LogP contribution >= 0.6 is 15.9 Å². The van der Waals surface area contributed by atoms with Crippen molar-refractivity contribution >= 4 is 44.2 Å². The number of benzene rings is 2. The number of halogens is 1. The summed E-state index contributed by atoms with van der Waals surface area (Å²) < 4.78 is 11.8. The van der Waals surface area contributed by atoms with Gasteiger partial charge in [0.25, 0.3) is 0 Å². The lowest BCUT2D eigenvalue weighted by Gasteiger charge is -2.15. The molecule has 0 radical (unpaired) electrons. The van der Waals surface area contributed by atoms with Crippen molar-refractivity contribution in [3.05, 3.63) is 58.2 Å². The first-order valence-electron chi connectivity index (χ1n) is 8.79. The number of nitrogens with zero attached hydrogens (tertiary/aromatic N) is 1. The summed E-state index contributed by atoms with van der Waals surface area (Å²) in [5, 5.41) is 4.16. The molecular formula is C21H21BrN2O3. The molecule has 3 aromatic rings. The molecule has 140 valence electrons. The van der Waals surface area contributed by atoms with E-state index in [1.165, 1.54) is 0 Å². The van der Waals surface area contributed by atoms with Gasteiger partial charge in [0.2, 0.25) is 0 Å². The minimum atomic E-state index is -0.414. The van der Waals surface area contributed by atoms with Crippen LogP contribution in [0, 0.1) is 6.92 Å². The van der Waals surface area contributed by atoms with E-state index < -0.39 is 5.97 Å². The van der Waals surface area contributed by atoms with Crippen molar-refractivity contribution in [2.75, 3.05) is 18.5 Å². The summed E-state index contributed by atoms with van der Waals surface area (Å²) in [6, 6.07) is 11.6. The quantitative estimate of drug-likeness (QED) is 0.515. The van der Waals surface area contributed by atoms with Gasteiger partial charge < -0.3 is 14.8 Å². The number of pyridine rings is 1. The summed E-state index contributed by atoms with van der Waals surface area (Å²) in [6.45, 7) is 6.59. The maximum atomic E-state index is 12.5. The van der Waals surface area contributed by atoms with Crippen molar-refractivity contribution in [1.82, 2.24) is 4.98 Å². The zero-order valence-corrected chi connectivity index (χ0v) is 17.1. The Kier molecular flexibility index (Phi) is 5.96. The Labute approximate surface area is 166 Å². The first-order valence-corrected chi connectivity index (χ1v) is 9.58. The smallest absolute Gasteiger partial charge is 0.341 e. The maximum Gasteiger partial charge on any atom is 0.341 e. The van der Waals surface area contributed by atoms with Gasteiger partial charge in [0.15, 0.2) is 0 Å². The molecule has 0 spiro atoms. The number of fused-ring (bicyclic) bond motifs is 1. The Balaban J connectivity index is 2.16. The Morgan fingerprint density at radius 1 is 1.15 bits per heavy atom. The number of aromatic nitrogens is 1. The minimum Gasteiger partial charge on any atom is -0.494 e. The molecule has 0 aliphatic heterocycles. The monoisotopic (exact) mass is 428 g/mol. The third-order valence-corrected chi connectivity index (χ3v) is 4.94. The van der Waals surface area contributed by atoms with Crippen LogP contribution < -0.4 is 10.1 Å². The highest BCUT2D eigenvalue weighted by atomic mass is 79.9. The number of rotatable bonds is 6. The van der Waals surface area contributed by atoms with Gasteiger partial charge in [0, 0.05) is 21.7 Å². The van der Waals surface area contributed by atoms with Crippen molar-refractivity contribution in [2.24, 2.45) is 0 Å². The fraction of sp³-hybridized carbons (Fsp3) is 0.238. The Hall–Kier alpha value is -2.60. The lowest BCUT2D eigenvalue weighted by Crippen LogP contribution is -2.09. The number of hydrogen-bond donors (Lipinski definition) is 1. The highest BCUT2D eigenvalue weighted by Crippen LogP contribution is 2.33. The summed E-state index contributed by atoms with van der Waals surface area (Å²) in [4.78, 5) is 16.9. The number of aryl methyl sites for hydroxylation is 1. The van der Waals surface area contributed by atoms with E-state index in [0.29, 0.717) is 24.5 Å². The fourth-order valence-corrected chi connectivity index (χ4v) is 3.12. The van der Waals surface area contributed by atoms with Crippen molar-refractivity contribution in [2.45, 2.75) is 20.8 Å². The molecule has 0 aliphatic carbocycles. The van der Waals surface area contributed by atoms with Crippen LogP contribution in [0.2, 0.25) is 0 Å². The minimum absolute atomic E-state index is 0.297. The first kappa shape index (κ1) is 19.2. The van der Waals surface area contributed by atoms with Gasteiger partial charge in [-0.05, 0) is 56.7 Å². The van der Waals surface area contributed by atoms with E-state index in [9.17, 15) is 4.79 Å². The Bertz CT molecular complexity index is 989. The largest absolute Gasteiger partial charge is 0.494 e. The van der Waals surface area contributed by atoms with Gasteiger partial charge in [0.05, 0.1) is 24.4 Å². The summed E-state index contributed by atoms with van der Waals surface area (Å²) in [6.07, 6.45) is 1.55. The summed E-state index contributed by atoms with van der Waals surface area (Å²) >= 11 is 3.55. The molecule has 1 aromatic heterocycles. The van der Waals surface area contributed by atoms with E-state index >= 15 is 0 Å². The summed E-state index contributed by atoms with van der Waals surface area (Å²) in [5.74, 6) is 0.309. The standard InChI is InChI=1S/C21H21BrN2O3/c1-4-26-15-8-9-19-16(11-15)20(17(12-23-19)21(25)27-5-2)24-14-7-6-13(3)18(22)10-14/h6-12H,4-5H2,1-3H3,(H,23,24). The second kappa shape index (κ2) is 8.39. The molecule has 0 saturated carbocycles. The Morgan fingerprint density at radius 2 is 1.96 bits per heavy atom. The van der Waals surface area contributed by atoms with Gasteiger partial charge in [-0.2, -0.15) is 0 Å². The number of carbonyl (C=O) groups is 1. The van der Waals surface area contributed by atoms with Crippen LogP contribution in [0.1, 0.15) is 29.8 Å². The number of ether oxygens (including phenoxy) is 2. The average molecular weight is 429 g/mol. The molecule has 1 N–H and O–H groups in total. The van der Waals surface area contributed by atoms with Crippen molar-refractivity contribution in [3.8, 4) is 5.75 Å². The Morgan fingerprint density at radius 3 is 2.67 bits per heavy atom. The molecule has 0 bridgehead atoms. The lowest BCUT2D eigenvalue weighted by molar-refractivity contribution is 0.0527. The number of nitrogens with one attached hydrogen (secondary N) is 1. The third kappa shape index (κ3) is 4.22. The molecule has 0 unspecified atom stereocenters. The molecule has 5 nitrogen and oxygen atoms in total. The van der Waals surface area contributed by atoms with E-state index in [1.54, 1.807) is 13.1 Å². The number of hydrogen-bond acceptors (Lipinski definition) is 5. The molecular weight excluding hydrogens is 408 g/mol. The van der Waals surface area contributed by atoms with Gasteiger partial charge in [0.1, 0.15) is 11.3 Å². The highest BCUT2D eigenvalue weighted by molar-refractivity contribution is 9.10. The predicted molar refractivity (Wildman–Crippen MR) is 111 cm³/mol. The average Bonchev–Trinajstić information content (AvgIpc) is 2.65. The second-order valence-corrected chi connectivity index (χ2v) is 6.82. The first-order chi connectivity index (χ1) is 13.0. The van der Waals surface area contributed by atoms with Crippen LogP contribution in [0.3, 0.4) is 0 Å². The number of esters is 1. The van der Waals surface area contributed by atoms with E-state index in [1.807, 2.05) is 50.2 Å². The van der Waals surface area contributed by atoms with Gasteiger partial charge >= 0.3 is 5.97 Å². The van der Waals surface area contributed by atoms with E-state index in [-0.39, 0.29) is 0 Å². The highest BCUT2D eigenvalue weighted by Gasteiger charge is 2.18. The van der Waals surface area contributed by atoms with Crippen LogP contribution in [0.25, 0.3) is 10.9 Å². The van der Waals surface area contributed by atoms with E-state index in [0.717, 1.165) is 32.4 Å². The van der Waals surface area contributed by atoms with Crippen molar-refractivity contribution < 1.29 is 14.3 Å². The normalized spacial score (nSPS) is 10.7. The number of anilines is 2. The molecule has 3 rings (SSSR count). The molecule has 2 aromatic carbocycles. The van der Waals surface area contributed by atoms with Crippen LogP contribution in [0.4, 0.5) is 11.4 Å². The predicted octanol–water partition coefficient (Wildman–Crippen LogP) is 5.62. The molecule has 0 amide bonds. The van der Waals surface area contributed by atoms with E-state index in [4.69, 9.17) is 9.47 Å². The van der Waals surface area contributed by atoms with Crippen LogP contribution in [0.15, 0.2) is 47.1 Å². The summed E-state index contributed by atoms with van der Waals surface area (Å²) in [7, 11) is 0. The molecule has 0 fully saturated rings. The van der Waals surface area contributed by atoms with Crippen LogP contribution in [-0.2, 0) is 4.74 Å². The number of carbonyl (C=O) groups excluding carboxylic acids is 1. The van der Waals surface area contributed by atoms with Gasteiger partial charge in [-0.15, -0.1) is 0 Å². The topological polar surface area (TPSA) is 60.5 Å². The van der Waals surface area contributed by atoms with Gasteiger partial charge in [-0.3, -0.25) is 4.98 Å². The molecule has 1 heterocycles. The van der Waals surface area contributed by atoms with E-state index in [2.05, 4.69) is 26.2 Å². The van der Waals surface area contributed by atoms with Crippen LogP contribution in [-0.4, -0.2) is 24.2 Å². The van der Waals surface area contributed by atoms with Gasteiger partial charge in [-0.1, -0.05) is 22.0 Å². The molecule has 6 heteroatoms. The zero-order valence-electron chi connectivity index (χ0n) is 15.5. The molecule has 0 aliphatic rings. The molecule has 0 atom stereocenters. The summed E-state index contributed by atoms with van der Waals surface area (Å²) in [5.41, 5.74) is 3.78. The van der Waals surface area contributed by atoms with Gasteiger partial charge in [-0.25, -0.2) is 4.79 Å². The molecule has 0 saturated heterocycles. The van der Waals surface area contributed by atoms with Crippen molar-refractivity contribution in [3.63, 3.8) is 0 Å². The molecule has 27 heavy (non-hydrogen) atoms. The maximum absolute atomic E-state index is 12.5. The second-order valence-electron chi connectivity index (χ2n) is 5.97. The SMILES string of the molecule is CCOC(=O)c1cnc2ccc(OCC)cc2c1Nc1ccc(C)c(Br)c1. The van der Waals surface area contributed by atoms with Crippen molar-refractivity contribution in [1.29, 1.82) is 0 Å². The lowest BCUT2D eigenvalue weighted by atomic mass is 10.1. The fourth-order valence-electron chi connectivity index (χ4n) is 2.74. The zero-order chi connectivity index (χ0) is 19.4. The third-order valence-electron chi connectivity index (χ3n) is 4.09. The van der Waals surface area contributed by atoms with Crippen LogP contribution in [0.5, 0.6) is 5.75 Å².